The van der Waals surface area contributed by atoms with E-state index < -0.39 is 10.0 Å². The summed E-state index contributed by atoms with van der Waals surface area (Å²) in [5.74, 6) is 0.758. The van der Waals surface area contributed by atoms with Crippen molar-refractivity contribution in [1.82, 2.24) is 9.88 Å². The minimum absolute atomic E-state index is 0.203. The molecule has 0 aliphatic carbocycles. The summed E-state index contributed by atoms with van der Waals surface area (Å²) in [4.78, 5) is 20.5. The van der Waals surface area contributed by atoms with E-state index in [1.165, 1.54) is 11.3 Å². The first-order chi connectivity index (χ1) is 13.3. The van der Waals surface area contributed by atoms with Gasteiger partial charge in [0.05, 0.1) is 4.90 Å². The van der Waals surface area contributed by atoms with Gasteiger partial charge in [0, 0.05) is 49.9 Å². The summed E-state index contributed by atoms with van der Waals surface area (Å²) < 4.78 is 27.3. The average molecular weight is 423 g/mol. The Morgan fingerprint density at radius 3 is 2.43 bits per heavy atom. The molecule has 1 aliphatic rings. The van der Waals surface area contributed by atoms with Gasteiger partial charge in [-0.3, -0.25) is 9.52 Å². The molecule has 9 heteroatoms. The molecule has 1 aromatic carbocycles. The van der Waals surface area contributed by atoms with Crippen molar-refractivity contribution in [1.29, 1.82) is 0 Å². The first-order valence-electron chi connectivity index (χ1n) is 9.40. The van der Waals surface area contributed by atoms with E-state index in [2.05, 4.69) is 28.5 Å². The van der Waals surface area contributed by atoms with Crippen molar-refractivity contribution in [3.63, 3.8) is 0 Å². The highest BCUT2D eigenvalue weighted by molar-refractivity contribution is 7.93. The lowest BCUT2D eigenvalue weighted by molar-refractivity contribution is -0.131. The summed E-state index contributed by atoms with van der Waals surface area (Å²) in [6, 6.07) is 6.83. The van der Waals surface area contributed by atoms with E-state index in [-0.39, 0.29) is 10.8 Å². The number of carbonyl (C=O) groups is 1. The van der Waals surface area contributed by atoms with Gasteiger partial charge in [-0.1, -0.05) is 13.8 Å². The van der Waals surface area contributed by atoms with E-state index in [4.69, 9.17) is 0 Å². The van der Waals surface area contributed by atoms with Gasteiger partial charge in [-0.05, 0) is 36.6 Å². The number of sulfonamides is 1. The largest absolute Gasteiger partial charge is 0.368 e. The van der Waals surface area contributed by atoms with Gasteiger partial charge < -0.3 is 9.80 Å². The van der Waals surface area contributed by atoms with E-state index in [9.17, 15) is 13.2 Å². The Bertz CT molecular complexity index is 872. The first kappa shape index (κ1) is 20.6. The summed E-state index contributed by atoms with van der Waals surface area (Å²) >= 11 is 1.24. The van der Waals surface area contributed by atoms with Crippen LogP contribution in [0.25, 0.3) is 0 Å². The summed E-state index contributed by atoms with van der Waals surface area (Å²) in [6.45, 7) is 7.14. The van der Waals surface area contributed by atoms with Gasteiger partial charge in [-0.25, -0.2) is 13.4 Å². The molecule has 0 radical (unpaired) electrons. The molecule has 0 atom stereocenters. The molecular formula is C19H26N4O3S2. The Kier molecular flexibility index (Phi) is 6.56. The van der Waals surface area contributed by atoms with Gasteiger partial charge in [-0.2, -0.15) is 0 Å². The zero-order valence-corrected chi connectivity index (χ0v) is 17.8. The molecule has 2 heterocycles. The maximum Gasteiger partial charge on any atom is 0.263 e. The molecule has 1 N–H and O–H groups in total. The van der Waals surface area contributed by atoms with Crippen LogP contribution in [0.5, 0.6) is 0 Å². The lowest BCUT2D eigenvalue weighted by Crippen LogP contribution is -2.48. The molecule has 1 aromatic heterocycles. The zero-order valence-electron chi connectivity index (χ0n) is 16.2. The number of piperazine rings is 1. The normalized spacial score (nSPS) is 15.1. The molecule has 1 saturated heterocycles. The fourth-order valence-corrected chi connectivity index (χ4v) is 4.86. The van der Waals surface area contributed by atoms with Crippen LogP contribution < -0.4 is 9.62 Å². The number of anilines is 2. The van der Waals surface area contributed by atoms with Crippen molar-refractivity contribution in [3.05, 3.63) is 35.8 Å². The van der Waals surface area contributed by atoms with Crippen LogP contribution in [0.1, 0.15) is 26.7 Å². The van der Waals surface area contributed by atoms with Crippen molar-refractivity contribution in [2.24, 2.45) is 5.92 Å². The number of nitrogens with one attached hydrogen (secondary N) is 1. The quantitative estimate of drug-likeness (QED) is 0.742. The minimum atomic E-state index is -3.64. The molecule has 152 valence electrons. The highest BCUT2D eigenvalue weighted by Gasteiger charge is 2.22. The first-order valence-corrected chi connectivity index (χ1v) is 11.8. The number of thiazole rings is 1. The molecule has 0 saturated carbocycles. The fraction of sp³-hybridized carbons (Fsp3) is 0.474. The van der Waals surface area contributed by atoms with Crippen LogP contribution in [0.2, 0.25) is 0 Å². The molecule has 7 nitrogen and oxygen atoms in total. The van der Waals surface area contributed by atoms with Gasteiger partial charge in [0.2, 0.25) is 5.91 Å². The molecule has 3 rings (SSSR count). The zero-order chi connectivity index (χ0) is 20.1. The average Bonchev–Trinajstić information content (AvgIpc) is 3.18. The molecule has 28 heavy (non-hydrogen) atoms. The van der Waals surface area contributed by atoms with E-state index in [0.29, 0.717) is 30.6 Å². The van der Waals surface area contributed by atoms with Crippen LogP contribution in [0.4, 0.5) is 10.8 Å². The maximum absolute atomic E-state index is 12.4. The fourth-order valence-electron chi connectivity index (χ4n) is 3.07. The Hall–Kier alpha value is -2.13. The van der Waals surface area contributed by atoms with E-state index in [1.807, 2.05) is 17.0 Å². The van der Waals surface area contributed by atoms with Gasteiger partial charge in [0.25, 0.3) is 10.0 Å². The molecule has 1 amide bonds. The second-order valence-electron chi connectivity index (χ2n) is 7.24. The van der Waals surface area contributed by atoms with Crippen molar-refractivity contribution in [2.75, 3.05) is 35.8 Å². The van der Waals surface area contributed by atoms with Crippen LogP contribution >= 0.6 is 11.3 Å². The lowest BCUT2D eigenvalue weighted by atomic mass is 10.1. The third-order valence-electron chi connectivity index (χ3n) is 4.73. The van der Waals surface area contributed by atoms with Crippen LogP contribution in [0.15, 0.2) is 40.7 Å². The van der Waals surface area contributed by atoms with Crippen molar-refractivity contribution in [2.45, 2.75) is 31.6 Å². The van der Waals surface area contributed by atoms with E-state index in [0.717, 1.165) is 25.2 Å². The SMILES string of the molecule is CC(C)CCC(=O)N1CCN(c2ccc(S(=O)(=O)Nc3nccs3)cc2)CC1. The van der Waals surface area contributed by atoms with Crippen LogP contribution in [-0.2, 0) is 14.8 Å². The summed E-state index contributed by atoms with van der Waals surface area (Å²) in [5, 5.41) is 2.07. The monoisotopic (exact) mass is 422 g/mol. The number of hydrogen-bond donors (Lipinski definition) is 1. The molecule has 0 bridgehead atoms. The summed E-state index contributed by atoms with van der Waals surface area (Å²) in [5.41, 5.74) is 0.961. The minimum Gasteiger partial charge on any atom is -0.368 e. The second kappa shape index (κ2) is 8.91. The number of hydrogen-bond acceptors (Lipinski definition) is 6. The summed E-state index contributed by atoms with van der Waals surface area (Å²) in [7, 11) is -3.64. The maximum atomic E-state index is 12.4. The smallest absolute Gasteiger partial charge is 0.263 e. The topological polar surface area (TPSA) is 82.6 Å². The van der Waals surface area contributed by atoms with Crippen molar-refractivity contribution in [3.8, 4) is 0 Å². The number of aromatic nitrogens is 1. The van der Waals surface area contributed by atoms with E-state index >= 15 is 0 Å². The Labute approximate surface area is 170 Å². The third-order valence-corrected chi connectivity index (χ3v) is 6.91. The number of benzene rings is 1. The number of amides is 1. The Balaban J connectivity index is 1.57. The van der Waals surface area contributed by atoms with Crippen molar-refractivity contribution >= 4 is 38.1 Å². The highest BCUT2D eigenvalue weighted by atomic mass is 32.2. The van der Waals surface area contributed by atoms with Crippen LogP contribution in [0, 0.1) is 5.92 Å². The van der Waals surface area contributed by atoms with Gasteiger partial charge in [0.1, 0.15) is 0 Å². The molecule has 1 aliphatic heterocycles. The molecular weight excluding hydrogens is 396 g/mol. The van der Waals surface area contributed by atoms with Gasteiger partial charge in [0.15, 0.2) is 5.13 Å². The standard InChI is InChI=1S/C19H26N4O3S2/c1-15(2)3-8-18(24)23-12-10-22(11-13-23)16-4-6-17(7-5-16)28(25,26)21-19-20-9-14-27-19/h4-7,9,14-15H,3,8,10-13H2,1-2H3,(H,20,21). The predicted molar refractivity (Wildman–Crippen MR) is 112 cm³/mol. The number of carbonyl (C=O) groups excluding carboxylic acids is 1. The van der Waals surface area contributed by atoms with E-state index in [1.54, 1.807) is 23.7 Å². The molecule has 1 fully saturated rings. The third kappa shape index (κ3) is 5.23. The Morgan fingerprint density at radius 2 is 1.86 bits per heavy atom. The second-order valence-corrected chi connectivity index (χ2v) is 9.81. The van der Waals surface area contributed by atoms with Gasteiger partial charge >= 0.3 is 0 Å². The predicted octanol–water partition coefficient (Wildman–Crippen LogP) is 3.03. The lowest BCUT2D eigenvalue weighted by Gasteiger charge is -2.36. The summed E-state index contributed by atoms with van der Waals surface area (Å²) in [6.07, 6.45) is 3.08. The molecule has 0 unspecified atom stereocenters. The van der Waals surface area contributed by atoms with Crippen LogP contribution in [0.3, 0.4) is 0 Å². The number of nitrogens with zero attached hydrogens (tertiary/aromatic N) is 3. The van der Waals surface area contributed by atoms with Gasteiger partial charge in [-0.15, -0.1) is 11.3 Å². The highest BCUT2D eigenvalue weighted by Crippen LogP contribution is 2.22. The van der Waals surface area contributed by atoms with Crippen LogP contribution in [-0.4, -0.2) is 50.4 Å². The Morgan fingerprint density at radius 1 is 1.18 bits per heavy atom. The number of rotatable bonds is 7. The molecule has 2 aromatic rings. The molecule has 0 spiro atoms. The van der Waals surface area contributed by atoms with Crippen molar-refractivity contribution < 1.29 is 13.2 Å².